The quantitative estimate of drug-likeness (QED) is 0.0396. The van der Waals surface area contributed by atoms with Crippen LogP contribution in [0.3, 0.4) is 0 Å². The number of likely N-dealkylation sites (N-methyl/N-ethyl adjacent to an activating group) is 2. The zero-order chi connectivity index (χ0) is 91.0. The molecule has 13 aliphatic rings. The molecule has 5 N–H and O–H groups in total. The minimum Gasteiger partial charge on any atom is -1.00 e. The van der Waals surface area contributed by atoms with Gasteiger partial charge in [0.05, 0.1) is 66.3 Å². The van der Waals surface area contributed by atoms with Crippen molar-refractivity contribution >= 4 is 104 Å². The second-order valence-electron chi connectivity index (χ2n) is 38.9. The van der Waals surface area contributed by atoms with E-state index >= 15 is 0 Å². The van der Waals surface area contributed by atoms with Crippen molar-refractivity contribution in [3.05, 3.63) is 58.4 Å². The van der Waals surface area contributed by atoms with E-state index < -0.39 is 26.7 Å². The number of aliphatic hydroxyl groups is 3. The topological polar surface area (TPSA) is 296 Å². The van der Waals surface area contributed by atoms with E-state index in [-0.39, 0.29) is 92.1 Å². The monoisotopic (exact) mass is 1980 g/mol. The number of hydrogen-bond acceptors (Lipinski definition) is 25. The van der Waals surface area contributed by atoms with Crippen molar-refractivity contribution in [2.75, 3.05) is 194 Å². The van der Waals surface area contributed by atoms with Crippen LogP contribution >= 0.6 is 46.5 Å². The van der Waals surface area contributed by atoms with E-state index in [0.717, 1.165) is 188 Å². The standard InChI is InChI=1S/C24H35N5O2.C15H28N2O3.C14H17N3O2.C14H26N2O3.C10H20N2O.C10H19NO2.C5H8O.5ClH.Na.Zr.H/c1-27(14-15-30)18-8-9-20-19(16-18)24(26-23(25-20)17-6-7-17)29-12-10-28(11-13-29)21-4-3-5-22(21)31-2;1-15(2,3)20-14(18)17-10-8-16(9-11-17)12-6-5-7-13(12)19-4;1-17(6-7-18)10-4-5-12-11(8-10)14(19)16-13(15-12)9-2-3-9;1-14(2,3)19-13(18)16-9-7-15(8-10-16)11-5-4-6-12(11)17;1-13-10-4-2-3-9(10)12-7-5-11-6-8-12;1-10(2,3)13-9(12)11-7-5-4-6-8-11;1-2-4-5(3-1)6-4;;;;;;;;/h8-9,16-17,21-22,30H,3-7,10-15H2,1-2H3;12-13H,5-11H2,1-4H3;4-5,8-9,18H,2-3,6-7H2,1H3,(H,15,16,19);11-12,17H,4-10H2,1-3H3;9-11H,2-8H2,1H3;4-8H2,1-3H3;4-5H,1-3H2;5*1H;;;/q;;;;;;;;;;;;+1;+4;-1/p-4. The van der Waals surface area contributed by atoms with Gasteiger partial charge in [0.2, 0.25) is 0 Å². The van der Waals surface area contributed by atoms with Gasteiger partial charge >= 0.3 is 97.4 Å². The van der Waals surface area contributed by atoms with Gasteiger partial charge in [0.1, 0.15) is 34.3 Å². The number of epoxide rings is 1. The van der Waals surface area contributed by atoms with E-state index in [1.54, 1.807) is 16.9 Å². The second kappa shape index (κ2) is 53.1. The second-order valence-corrected chi connectivity index (χ2v) is 61.3. The van der Waals surface area contributed by atoms with Crippen LogP contribution in [0.15, 0.2) is 41.2 Å². The summed E-state index contributed by atoms with van der Waals surface area (Å²) in [5, 5.41) is 33.3. The number of amides is 3. The largest absolute Gasteiger partial charge is 1.00 e. The molecule has 6 saturated heterocycles. The van der Waals surface area contributed by atoms with Crippen molar-refractivity contribution in [2.24, 2.45) is 0 Å². The maximum absolute atomic E-state index is 12.1. The Kier molecular flexibility index (Phi) is 45.7. The Morgan fingerprint density at radius 1 is 0.484 bits per heavy atom. The van der Waals surface area contributed by atoms with E-state index in [2.05, 4.69) is 62.9 Å². The first kappa shape index (κ1) is 110. The number of piperazine rings is 4. The summed E-state index contributed by atoms with van der Waals surface area (Å²) < 4.78 is 38.1. The molecule has 7 aliphatic carbocycles. The van der Waals surface area contributed by atoms with Gasteiger partial charge in [0.15, 0.2) is 0 Å². The minimum atomic E-state index is -3.29. The first-order chi connectivity index (χ1) is 60.0. The number of aliphatic hydroxyl groups excluding tert-OH is 3. The molecule has 2 aromatic carbocycles. The third-order valence-electron chi connectivity index (χ3n) is 25.9. The molecule has 3 amide bonds. The fourth-order valence-corrected chi connectivity index (χ4v) is 18.8. The Morgan fingerprint density at radius 3 is 1.23 bits per heavy atom. The third-order valence-corrected chi connectivity index (χ3v) is 25.9. The average Bonchev–Trinajstić information content (AvgIpc) is 1.74. The summed E-state index contributed by atoms with van der Waals surface area (Å²) in [5.41, 5.74) is 2.49. The molecule has 128 heavy (non-hydrogen) atoms. The molecule has 10 atom stereocenters. The van der Waals surface area contributed by atoms with E-state index in [0.29, 0.717) is 98.1 Å². The van der Waals surface area contributed by atoms with Gasteiger partial charge < -0.3 is 89.6 Å². The van der Waals surface area contributed by atoms with E-state index in [1.165, 1.54) is 103 Å². The van der Waals surface area contributed by atoms with Gasteiger partial charge in [-0.1, -0.05) is 0 Å². The van der Waals surface area contributed by atoms with Crippen molar-refractivity contribution in [2.45, 2.75) is 293 Å². The smallest absolute Gasteiger partial charge is 1.00 e. The fourth-order valence-electron chi connectivity index (χ4n) is 18.8. The summed E-state index contributed by atoms with van der Waals surface area (Å²) in [5.74, 6) is 3.88. The van der Waals surface area contributed by atoms with Crippen molar-refractivity contribution in [1.29, 1.82) is 0 Å². The fraction of sp³-hybridized carbons (Fsp3) is 0.793. The number of fused-ring (bicyclic) bond motifs is 3. The summed E-state index contributed by atoms with van der Waals surface area (Å²) in [6, 6.07) is 14.1. The number of nitrogens with one attached hydrogen (secondary N) is 2. The number of aromatic amines is 1. The predicted octanol–water partition coefficient (Wildman–Crippen LogP) is 11.5. The Balaban J connectivity index is 0.000000210. The number of ether oxygens (including phenoxy) is 7. The van der Waals surface area contributed by atoms with Crippen LogP contribution in [0.5, 0.6) is 0 Å². The predicted molar refractivity (Wildman–Crippen MR) is 508 cm³/mol. The summed E-state index contributed by atoms with van der Waals surface area (Å²) in [6.07, 6.45) is 28.5. The van der Waals surface area contributed by atoms with Crippen LogP contribution in [0.1, 0.15) is 228 Å². The van der Waals surface area contributed by atoms with Crippen molar-refractivity contribution < 1.29 is 109 Å². The summed E-state index contributed by atoms with van der Waals surface area (Å²) >= 11 is -3.29. The van der Waals surface area contributed by atoms with Gasteiger partial charge in [-0.25, -0.2) is 29.3 Å². The molecule has 2 aromatic heterocycles. The van der Waals surface area contributed by atoms with Crippen LogP contribution in [0.25, 0.3) is 21.8 Å². The Bertz CT molecular complexity index is 4040. The number of nitrogens with zero attached hydrogens (tertiary/aromatic N) is 13. The molecular formula is C92H155Cl5N15NaO14Zr. The molecule has 4 aromatic rings. The first-order valence-electron chi connectivity index (χ1n) is 47.0. The molecule has 7 saturated carbocycles. The molecule has 6 aliphatic heterocycles. The van der Waals surface area contributed by atoms with E-state index in [4.69, 9.17) is 82.3 Å². The van der Waals surface area contributed by atoms with Crippen LogP contribution in [-0.4, -0.2) is 345 Å². The van der Waals surface area contributed by atoms with Gasteiger partial charge in [-0.05, 0) is 240 Å². The normalized spacial score (nSPS) is 25.6. The number of rotatable bonds is 16. The summed E-state index contributed by atoms with van der Waals surface area (Å²) in [6.45, 7) is 35.3. The van der Waals surface area contributed by atoms with E-state index in [1.807, 2.05) is 119 Å². The Hall–Kier alpha value is -3.02. The number of benzene rings is 2. The number of carbonyl (C=O) groups excluding carboxylic acids is 3. The van der Waals surface area contributed by atoms with E-state index in [9.17, 15) is 29.4 Å². The number of aromatic nitrogens is 4. The maximum Gasteiger partial charge on any atom is 1.00 e. The summed E-state index contributed by atoms with van der Waals surface area (Å²) in [4.78, 5) is 86.8. The number of hydrogen-bond donors (Lipinski definition) is 5. The molecule has 29 nitrogen and oxygen atoms in total. The zero-order valence-electron chi connectivity index (χ0n) is 80.6. The number of likely N-dealkylation sites (tertiary alicyclic amines) is 1. The van der Waals surface area contributed by atoms with Crippen LogP contribution in [0.4, 0.5) is 31.6 Å². The van der Waals surface area contributed by atoms with Gasteiger partial charge in [0, 0.05) is 219 Å². The summed E-state index contributed by atoms with van der Waals surface area (Å²) in [7, 11) is 29.6. The average molecular weight is 1990 g/mol. The number of piperidine rings is 1. The van der Waals surface area contributed by atoms with Crippen LogP contribution in [0.2, 0.25) is 0 Å². The first-order valence-corrected chi connectivity index (χ1v) is 59.7. The number of methoxy groups -OCH3 is 3. The number of H-pyrrole nitrogens is 1. The minimum absolute atomic E-state index is 0. The molecule has 36 heteroatoms. The van der Waals surface area contributed by atoms with Crippen molar-refractivity contribution in [3.8, 4) is 0 Å². The number of carbonyl (C=O) groups is 3. The van der Waals surface area contributed by atoms with Crippen LogP contribution in [-0.2, 0) is 48.7 Å². The molecule has 722 valence electrons. The number of anilines is 3. The van der Waals surface area contributed by atoms with Gasteiger partial charge in [-0.3, -0.25) is 24.4 Å². The maximum atomic E-state index is 12.1. The van der Waals surface area contributed by atoms with Crippen LogP contribution in [0, 0.1) is 0 Å². The molecular weight excluding hydrogens is 1830 g/mol. The molecule has 17 rings (SSSR count). The molecule has 8 heterocycles. The zero-order valence-corrected chi connectivity index (χ0v) is 87.9. The van der Waals surface area contributed by atoms with Crippen molar-refractivity contribution in [3.63, 3.8) is 0 Å². The van der Waals surface area contributed by atoms with Crippen LogP contribution < -0.4 is 55.1 Å². The van der Waals surface area contributed by atoms with Crippen molar-refractivity contribution in [1.82, 2.24) is 59.6 Å². The molecule has 10 unspecified atom stereocenters. The Labute approximate surface area is 811 Å². The molecule has 0 bridgehead atoms. The van der Waals surface area contributed by atoms with Gasteiger partial charge in [-0.2, -0.15) is 0 Å². The molecule has 0 spiro atoms. The molecule has 0 radical (unpaired) electrons. The number of halogens is 5. The van der Waals surface area contributed by atoms with Gasteiger partial charge in [0.25, 0.3) is 5.56 Å². The van der Waals surface area contributed by atoms with Gasteiger partial charge in [-0.15, -0.1) is 12.4 Å². The molecule has 13 fully saturated rings. The Morgan fingerprint density at radius 2 is 0.859 bits per heavy atom. The SMILES string of the molecule is C1CC2OC2C1.CC(C)(C)OC(=O)N1CCCCC1.CC(C)(C)OC(=O)N1CCN(C2CCCC2O)CC1.CN(CCO)c1ccc2nc(C3CC3)[nH]c(=O)c2c1.COC1CCCC1N1CCN(C(=O)OC(C)(C)C)CC1.COC1CCCC1N1CCN(c2nc(C3CC3)nc3ccc(N(C)CCO)cc23)CC1.COC1CCCC1N1CCNCC1.Cl.[Cl][Zr]([Cl])([Cl])[Cl].[H-].[Na+]. The third kappa shape index (κ3) is 35.8.